The van der Waals surface area contributed by atoms with Gasteiger partial charge in [0.05, 0.1) is 14.2 Å². The Balaban J connectivity index is 0. The number of hydrogen-bond donors (Lipinski definition) is 0. The van der Waals surface area contributed by atoms with Gasteiger partial charge in [0.1, 0.15) is 0 Å². The van der Waals surface area contributed by atoms with Crippen LogP contribution in [-0.4, -0.2) is 32.0 Å². The van der Waals surface area contributed by atoms with Gasteiger partial charge >= 0.3 is 12.3 Å². The number of carbonyl (C=O) groups excluding carboxylic acids is 2. The quantitative estimate of drug-likeness (QED) is 0.351. The zero-order chi connectivity index (χ0) is 7.28. The maximum atomic E-state index is 10.0. The van der Waals surface area contributed by atoms with Crippen LogP contribution >= 0.6 is 0 Å². The van der Waals surface area contributed by atoms with Crippen molar-refractivity contribution in [3.63, 3.8) is 0 Å². The van der Waals surface area contributed by atoms with Crippen molar-refractivity contribution in [2.75, 3.05) is 14.2 Å². The molecule has 0 aliphatic carbocycles. The summed E-state index contributed by atoms with van der Waals surface area (Å²) in [7, 11) is 2.18. The SMILES string of the molecule is COC(=O)OC(=O)OC.O. The Kier molecular flexibility index (Phi) is 6.70. The first-order chi connectivity index (χ1) is 4.20. The molecule has 0 aromatic heterocycles. The number of carbonyl (C=O) groups is 2. The normalized spacial score (nSPS) is 7.00. The van der Waals surface area contributed by atoms with E-state index in [1.807, 2.05) is 0 Å². The first kappa shape index (κ1) is 11.5. The molecule has 0 fully saturated rings. The predicted molar refractivity (Wildman–Crippen MR) is 29.5 cm³/mol. The molecule has 2 N–H and O–H groups in total. The van der Waals surface area contributed by atoms with Crippen molar-refractivity contribution in [2.24, 2.45) is 0 Å². The van der Waals surface area contributed by atoms with Crippen molar-refractivity contribution in [1.82, 2.24) is 0 Å². The molecular formula is C4H8O6. The van der Waals surface area contributed by atoms with E-state index in [0.29, 0.717) is 0 Å². The summed E-state index contributed by atoms with van der Waals surface area (Å²) < 4.78 is 11.7. The summed E-state index contributed by atoms with van der Waals surface area (Å²) in [5.74, 6) is 0. The first-order valence-corrected chi connectivity index (χ1v) is 2.04. The van der Waals surface area contributed by atoms with Crippen LogP contribution in [-0.2, 0) is 14.2 Å². The van der Waals surface area contributed by atoms with Gasteiger partial charge in [-0.05, 0) is 0 Å². The van der Waals surface area contributed by atoms with Crippen LogP contribution in [0.5, 0.6) is 0 Å². The lowest BCUT2D eigenvalue weighted by molar-refractivity contribution is 0.0568. The minimum Gasteiger partial charge on any atom is -0.437 e. The highest BCUT2D eigenvalue weighted by atomic mass is 16.8. The van der Waals surface area contributed by atoms with E-state index < -0.39 is 12.3 Å². The van der Waals surface area contributed by atoms with Gasteiger partial charge in [-0.2, -0.15) is 0 Å². The largest absolute Gasteiger partial charge is 0.518 e. The molecule has 0 aromatic rings. The van der Waals surface area contributed by atoms with E-state index in [1.54, 1.807) is 0 Å². The number of methoxy groups -OCH3 is 2. The fourth-order valence-corrected chi connectivity index (χ4v) is 0.151. The van der Waals surface area contributed by atoms with Gasteiger partial charge in [0.2, 0.25) is 0 Å². The van der Waals surface area contributed by atoms with Crippen LogP contribution in [0.4, 0.5) is 9.59 Å². The van der Waals surface area contributed by atoms with E-state index in [-0.39, 0.29) is 5.48 Å². The predicted octanol–water partition coefficient (Wildman–Crippen LogP) is -0.289. The Morgan fingerprint density at radius 3 is 1.50 bits per heavy atom. The molecule has 60 valence electrons. The molecule has 0 amide bonds. The van der Waals surface area contributed by atoms with E-state index in [2.05, 4.69) is 14.2 Å². The second kappa shape index (κ2) is 5.83. The van der Waals surface area contributed by atoms with E-state index in [1.165, 1.54) is 0 Å². The lowest BCUT2D eigenvalue weighted by Crippen LogP contribution is -2.11. The molecule has 0 rings (SSSR count). The standard InChI is InChI=1S/C4H6O5.H2O/c1-7-3(5)9-4(6)8-2;/h1-2H3;1H2. The molecule has 0 bridgehead atoms. The Labute approximate surface area is 57.0 Å². The van der Waals surface area contributed by atoms with E-state index in [9.17, 15) is 9.59 Å². The van der Waals surface area contributed by atoms with Gasteiger partial charge in [0, 0.05) is 0 Å². The summed E-state index contributed by atoms with van der Waals surface area (Å²) in [6, 6.07) is 0. The minimum absolute atomic E-state index is 0. The van der Waals surface area contributed by atoms with Gasteiger partial charge in [-0.15, -0.1) is 0 Å². The maximum Gasteiger partial charge on any atom is 0.518 e. The van der Waals surface area contributed by atoms with E-state index in [0.717, 1.165) is 14.2 Å². The van der Waals surface area contributed by atoms with E-state index >= 15 is 0 Å². The first-order valence-electron chi connectivity index (χ1n) is 2.04. The lowest BCUT2D eigenvalue weighted by Gasteiger charge is -1.96. The summed E-state index contributed by atoms with van der Waals surface area (Å²) in [5, 5.41) is 0. The highest BCUT2D eigenvalue weighted by Gasteiger charge is 2.07. The van der Waals surface area contributed by atoms with Gasteiger partial charge < -0.3 is 19.7 Å². The molecule has 0 saturated heterocycles. The third kappa shape index (κ3) is 4.85. The van der Waals surface area contributed by atoms with Crippen molar-refractivity contribution >= 4 is 12.3 Å². The van der Waals surface area contributed by atoms with Gasteiger partial charge in [0.15, 0.2) is 0 Å². The number of hydrogen-bond acceptors (Lipinski definition) is 5. The van der Waals surface area contributed by atoms with Gasteiger partial charge in [-0.1, -0.05) is 0 Å². The lowest BCUT2D eigenvalue weighted by atomic mass is 11.2. The fraction of sp³-hybridized carbons (Fsp3) is 0.500. The van der Waals surface area contributed by atoms with Crippen molar-refractivity contribution in [3.8, 4) is 0 Å². The van der Waals surface area contributed by atoms with Crippen LogP contribution in [0.3, 0.4) is 0 Å². The summed E-state index contributed by atoms with van der Waals surface area (Å²) in [6.45, 7) is 0. The third-order valence-corrected chi connectivity index (χ3v) is 0.500. The smallest absolute Gasteiger partial charge is 0.437 e. The van der Waals surface area contributed by atoms with Gasteiger partial charge in [0.25, 0.3) is 0 Å². The van der Waals surface area contributed by atoms with Crippen molar-refractivity contribution < 1.29 is 29.3 Å². The highest BCUT2D eigenvalue weighted by molar-refractivity contribution is 5.76. The van der Waals surface area contributed by atoms with Crippen LogP contribution in [0.15, 0.2) is 0 Å². The zero-order valence-electron chi connectivity index (χ0n) is 5.54. The molecule has 0 unspecified atom stereocenters. The van der Waals surface area contributed by atoms with Crippen LogP contribution in [0, 0.1) is 0 Å². The average Bonchev–Trinajstić information content (AvgIpc) is 1.87. The van der Waals surface area contributed by atoms with Gasteiger partial charge in [-0.25, -0.2) is 9.59 Å². The monoisotopic (exact) mass is 152 g/mol. The minimum atomic E-state index is -1.08. The Morgan fingerprint density at radius 1 is 1.00 bits per heavy atom. The molecule has 0 aliphatic heterocycles. The molecule has 0 saturated carbocycles. The summed E-state index contributed by atoms with van der Waals surface area (Å²) in [6.07, 6.45) is -2.16. The van der Waals surface area contributed by atoms with Crippen molar-refractivity contribution in [2.45, 2.75) is 0 Å². The van der Waals surface area contributed by atoms with Crippen LogP contribution < -0.4 is 0 Å². The highest BCUT2D eigenvalue weighted by Crippen LogP contribution is 1.85. The second-order valence-electron chi connectivity index (χ2n) is 1.01. The molecular weight excluding hydrogens is 144 g/mol. The average molecular weight is 152 g/mol. The Hall–Kier alpha value is -1.30. The molecule has 6 heteroatoms. The van der Waals surface area contributed by atoms with Crippen LogP contribution in [0.2, 0.25) is 0 Å². The van der Waals surface area contributed by atoms with E-state index in [4.69, 9.17) is 0 Å². The summed E-state index contributed by atoms with van der Waals surface area (Å²) >= 11 is 0. The molecule has 0 spiro atoms. The topological polar surface area (TPSA) is 93.3 Å². The molecule has 6 nitrogen and oxygen atoms in total. The van der Waals surface area contributed by atoms with Crippen molar-refractivity contribution in [3.05, 3.63) is 0 Å². The summed E-state index contributed by atoms with van der Waals surface area (Å²) in [4.78, 5) is 20.1. The molecule has 0 radical (unpaired) electrons. The summed E-state index contributed by atoms with van der Waals surface area (Å²) in [5.41, 5.74) is 0. The van der Waals surface area contributed by atoms with Gasteiger partial charge in [-0.3, -0.25) is 0 Å². The Morgan fingerprint density at radius 2 is 1.30 bits per heavy atom. The molecule has 0 atom stereocenters. The maximum absolute atomic E-state index is 10.0. The van der Waals surface area contributed by atoms with Crippen molar-refractivity contribution in [1.29, 1.82) is 0 Å². The van der Waals surface area contributed by atoms with Crippen LogP contribution in [0.1, 0.15) is 0 Å². The molecule has 0 aliphatic rings. The molecule has 0 aromatic carbocycles. The van der Waals surface area contributed by atoms with Crippen LogP contribution in [0.25, 0.3) is 0 Å². The zero-order valence-corrected chi connectivity index (χ0v) is 5.54. The third-order valence-electron chi connectivity index (χ3n) is 0.500. The fourth-order valence-electron chi connectivity index (χ4n) is 0.151. The molecule has 0 heterocycles. The number of ether oxygens (including phenoxy) is 3. The second-order valence-corrected chi connectivity index (χ2v) is 1.01. The Bertz CT molecular complexity index is 105. The molecule has 10 heavy (non-hydrogen) atoms. The number of rotatable bonds is 0.